The van der Waals surface area contributed by atoms with Crippen LogP contribution in [0.5, 0.6) is 0 Å². The summed E-state index contributed by atoms with van der Waals surface area (Å²) in [6.45, 7) is 4.68. The van der Waals surface area contributed by atoms with E-state index in [9.17, 15) is 0 Å². The summed E-state index contributed by atoms with van der Waals surface area (Å²) in [5.41, 5.74) is 7.16. The third-order valence-corrected chi connectivity index (χ3v) is 3.10. The standard InChI is InChI=1S/C13H25N5O2/c1-10-11(12(14)15)13(17(2)16-10)18(7-9-20-4)6-5-8-19-3/h5-9H2,1-4H3,(H3,14,15). The topological polar surface area (TPSA) is 89.4 Å². The van der Waals surface area contributed by atoms with Gasteiger partial charge < -0.3 is 20.1 Å². The van der Waals surface area contributed by atoms with Gasteiger partial charge in [-0.25, -0.2) is 0 Å². The summed E-state index contributed by atoms with van der Waals surface area (Å²) in [5.74, 6) is 0.905. The monoisotopic (exact) mass is 283 g/mol. The van der Waals surface area contributed by atoms with Gasteiger partial charge in [0.2, 0.25) is 0 Å². The van der Waals surface area contributed by atoms with Crippen LogP contribution in [0.1, 0.15) is 17.7 Å². The molecule has 0 aromatic carbocycles. The van der Waals surface area contributed by atoms with Gasteiger partial charge in [0.1, 0.15) is 11.7 Å². The maximum atomic E-state index is 7.76. The van der Waals surface area contributed by atoms with E-state index >= 15 is 0 Å². The molecule has 1 aromatic rings. The second-order valence-electron chi connectivity index (χ2n) is 4.65. The minimum atomic E-state index is 0.0414. The van der Waals surface area contributed by atoms with Crippen molar-refractivity contribution in [3.05, 3.63) is 11.3 Å². The summed E-state index contributed by atoms with van der Waals surface area (Å²) < 4.78 is 12.0. The average molecular weight is 283 g/mol. The number of rotatable bonds is 9. The fourth-order valence-corrected chi connectivity index (χ4v) is 2.25. The maximum Gasteiger partial charge on any atom is 0.137 e. The number of aromatic nitrogens is 2. The van der Waals surface area contributed by atoms with Gasteiger partial charge in [0, 0.05) is 41.0 Å². The first-order valence-electron chi connectivity index (χ1n) is 6.63. The van der Waals surface area contributed by atoms with Gasteiger partial charge in [-0.15, -0.1) is 0 Å². The number of amidine groups is 1. The van der Waals surface area contributed by atoms with E-state index in [-0.39, 0.29) is 5.84 Å². The summed E-state index contributed by atoms with van der Waals surface area (Å²) in [6, 6.07) is 0. The molecule has 3 N–H and O–H groups in total. The first-order chi connectivity index (χ1) is 9.52. The Hall–Kier alpha value is -1.60. The van der Waals surface area contributed by atoms with Crippen LogP contribution in [0.3, 0.4) is 0 Å². The van der Waals surface area contributed by atoms with Crippen LogP contribution < -0.4 is 10.6 Å². The minimum absolute atomic E-state index is 0.0414. The van der Waals surface area contributed by atoms with E-state index in [1.807, 2.05) is 14.0 Å². The third-order valence-electron chi connectivity index (χ3n) is 3.10. The molecule has 0 fully saturated rings. The molecule has 0 aliphatic rings. The van der Waals surface area contributed by atoms with Gasteiger partial charge in [0.15, 0.2) is 0 Å². The normalized spacial score (nSPS) is 10.8. The van der Waals surface area contributed by atoms with Crippen molar-refractivity contribution in [3.63, 3.8) is 0 Å². The molecule has 0 bridgehead atoms. The predicted molar refractivity (Wildman–Crippen MR) is 79.5 cm³/mol. The van der Waals surface area contributed by atoms with Gasteiger partial charge in [-0.3, -0.25) is 10.1 Å². The summed E-state index contributed by atoms with van der Waals surface area (Å²) in [7, 11) is 5.23. The van der Waals surface area contributed by atoms with Crippen LogP contribution in [-0.4, -0.2) is 56.1 Å². The van der Waals surface area contributed by atoms with Crippen LogP contribution in [0.4, 0.5) is 5.82 Å². The van der Waals surface area contributed by atoms with Gasteiger partial charge >= 0.3 is 0 Å². The molecule has 1 aromatic heterocycles. The Balaban J connectivity index is 3.02. The number of hydrogen-bond donors (Lipinski definition) is 2. The molecule has 0 spiro atoms. The molecule has 0 unspecified atom stereocenters. The van der Waals surface area contributed by atoms with E-state index in [0.29, 0.717) is 18.8 Å². The summed E-state index contributed by atoms with van der Waals surface area (Å²) >= 11 is 0. The zero-order valence-corrected chi connectivity index (χ0v) is 12.8. The van der Waals surface area contributed by atoms with Crippen molar-refractivity contribution in [3.8, 4) is 0 Å². The largest absolute Gasteiger partial charge is 0.385 e. The highest BCUT2D eigenvalue weighted by molar-refractivity contribution is 6.00. The van der Waals surface area contributed by atoms with E-state index in [2.05, 4.69) is 10.00 Å². The van der Waals surface area contributed by atoms with Crippen LogP contribution >= 0.6 is 0 Å². The van der Waals surface area contributed by atoms with Crippen molar-refractivity contribution >= 4 is 11.7 Å². The van der Waals surface area contributed by atoms with E-state index in [1.165, 1.54) is 0 Å². The second kappa shape index (κ2) is 7.86. The Labute approximate surface area is 120 Å². The molecule has 0 saturated carbocycles. The van der Waals surface area contributed by atoms with Crippen LogP contribution in [0.2, 0.25) is 0 Å². The van der Waals surface area contributed by atoms with Crippen LogP contribution in [0.25, 0.3) is 0 Å². The van der Waals surface area contributed by atoms with Crippen molar-refractivity contribution in [1.29, 1.82) is 5.41 Å². The van der Waals surface area contributed by atoms with Gasteiger partial charge in [-0.2, -0.15) is 5.10 Å². The van der Waals surface area contributed by atoms with Crippen LogP contribution in [0.15, 0.2) is 0 Å². The first kappa shape index (κ1) is 16.5. The SMILES string of the molecule is COCCCN(CCOC)c1c(C(=N)N)c(C)nn1C. The number of hydrogen-bond acceptors (Lipinski definition) is 5. The Morgan fingerprint density at radius 3 is 2.50 bits per heavy atom. The zero-order valence-electron chi connectivity index (χ0n) is 12.8. The summed E-state index contributed by atoms with van der Waals surface area (Å²) in [6.07, 6.45) is 0.891. The molecular weight excluding hydrogens is 258 g/mol. The highest BCUT2D eigenvalue weighted by Gasteiger charge is 2.21. The fraction of sp³-hybridized carbons (Fsp3) is 0.692. The number of nitrogens with one attached hydrogen (secondary N) is 1. The smallest absolute Gasteiger partial charge is 0.137 e. The molecule has 7 heteroatoms. The number of anilines is 1. The predicted octanol–water partition coefficient (Wildman–Crippen LogP) is 0.502. The van der Waals surface area contributed by atoms with E-state index < -0.39 is 0 Å². The lowest BCUT2D eigenvalue weighted by molar-refractivity contribution is 0.190. The number of aryl methyl sites for hydroxylation is 2. The molecular formula is C13H25N5O2. The number of nitrogens with two attached hydrogens (primary N) is 1. The van der Waals surface area contributed by atoms with Gasteiger partial charge in [0.25, 0.3) is 0 Å². The molecule has 0 radical (unpaired) electrons. The molecule has 114 valence electrons. The molecule has 0 aliphatic heterocycles. The van der Waals surface area contributed by atoms with Gasteiger partial charge in [0.05, 0.1) is 17.9 Å². The van der Waals surface area contributed by atoms with Crippen molar-refractivity contribution < 1.29 is 9.47 Å². The van der Waals surface area contributed by atoms with Crippen molar-refractivity contribution in [2.45, 2.75) is 13.3 Å². The van der Waals surface area contributed by atoms with Gasteiger partial charge in [-0.1, -0.05) is 0 Å². The molecule has 20 heavy (non-hydrogen) atoms. The lowest BCUT2D eigenvalue weighted by Gasteiger charge is -2.25. The van der Waals surface area contributed by atoms with E-state index in [4.69, 9.17) is 20.6 Å². The second-order valence-corrected chi connectivity index (χ2v) is 4.65. The Bertz CT molecular complexity index is 444. The Morgan fingerprint density at radius 1 is 1.30 bits per heavy atom. The lowest BCUT2D eigenvalue weighted by Crippen LogP contribution is -2.32. The average Bonchev–Trinajstić information content (AvgIpc) is 2.68. The number of ether oxygens (including phenoxy) is 2. The minimum Gasteiger partial charge on any atom is -0.385 e. The lowest BCUT2D eigenvalue weighted by atomic mass is 10.2. The number of nitrogen functional groups attached to an aromatic ring is 1. The highest BCUT2D eigenvalue weighted by Crippen LogP contribution is 2.22. The van der Waals surface area contributed by atoms with Crippen LogP contribution in [0, 0.1) is 12.3 Å². The van der Waals surface area contributed by atoms with E-state index in [1.54, 1.807) is 18.9 Å². The van der Waals surface area contributed by atoms with E-state index in [0.717, 1.165) is 31.0 Å². The van der Waals surface area contributed by atoms with Crippen molar-refractivity contribution in [1.82, 2.24) is 9.78 Å². The Morgan fingerprint density at radius 2 is 1.95 bits per heavy atom. The quantitative estimate of drug-likeness (QED) is 0.391. The number of methoxy groups -OCH3 is 2. The Kier molecular flexibility index (Phi) is 6.47. The first-order valence-corrected chi connectivity index (χ1v) is 6.63. The third kappa shape index (κ3) is 3.94. The fourth-order valence-electron chi connectivity index (χ4n) is 2.25. The molecule has 0 atom stereocenters. The molecule has 0 aliphatic carbocycles. The highest BCUT2D eigenvalue weighted by atomic mass is 16.5. The molecule has 7 nitrogen and oxygen atoms in total. The van der Waals surface area contributed by atoms with Crippen molar-refractivity contribution in [2.24, 2.45) is 12.8 Å². The number of nitrogens with zero attached hydrogens (tertiary/aromatic N) is 3. The molecule has 0 saturated heterocycles. The summed E-state index contributed by atoms with van der Waals surface area (Å²) in [5, 5.41) is 12.1. The van der Waals surface area contributed by atoms with Crippen molar-refractivity contribution in [2.75, 3.05) is 45.4 Å². The maximum absolute atomic E-state index is 7.76. The molecule has 0 amide bonds. The van der Waals surface area contributed by atoms with Gasteiger partial charge in [-0.05, 0) is 13.3 Å². The molecule has 1 heterocycles. The summed E-state index contributed by atoms with van der Waals surface area (Å²) in [4.78, 5) is 2.14. The zero-order chi connectivity index (χ0) is 15.1. The molecule has 1 rings (SSSR count). The van der Waals surface area contributed by atoms with Crippen LogP contribution in [-0.2, 0) is 16.5 Å².